The van der Waals surface area contributed by atoms with Gasteiger partial charge in [0.25, 0.3) is 0 Å². The molecule has 1 fully saturated rings. The van der Waals surface area contributed by atoms with E-state index in [4.69, 9.17) is 17.0 Å². The molecule has 0 bridgehead atoms. The maximum Gasteiger partial charge on any atom is 0.229 e. The van der Waals surface area contributed by atoms with Gasteiger partial charge in [0.2, 0.25) is 10.0 Å². The lowest BCUT2D eigenvalue weighted by Crippen LogP contribution is -2.29. The van der Waals surface area contributed by atoms with E-state index in [1.807, 2.05) is 48.4 Å². The third kappa shape index (κ3) is 5.19. The Morgan fingerprint density at radius 1 is 1.03 bits per heavy atom. The number of hydrogen-bond acceptors (Lipinski definition) is 6. The van der Waals surface area contributed by atoms with Gasteiger partial charge in [-0.15, -0.1) is 0 Å². The first-order valence-corrected chi connectivity index (χ1v) is 14.7. The molecule has 2 unspecified atom stereocenters. The molecule has 4 aromatic rings. The minimum Gasteiger partial charge on any atom is -0.494 e. The summed E-state index contributed by atoms with van der Waals surface area (Å²) in [4.78, 5) is 11.3. The average molecular weight is 563 g/mol. The molecular weight excluding hydrogens is 532 g/mol. The van der Waals surface area contributed by atoms with E-state index >= 15 is 0 Å². The van der Waals surface area contributed by atoms with Crippen molar-refractivity contribution in [2.24, 2.45) is 0 Å². The third-order valence-corrected chi connectivity index (χ3v) is 7.68. The first-order chi connectivity index (χ1) is 18.6. The van der Waals surface area contributed by atoms with Crippen molar-refractivity contribution in [3.05, 3.63) is 95.2 Å². The summed E-state index contributed by atoms with van der Waals surface area (Å²) in [5.74, 6) is 1.23. The van der Waals surface area contributed by atoms with Crippen molar-refractivity contribution in [2.45, 2.75) is 32.9 Å². The molecule has 2 N–H and O–H groups in total. The van der Waals surface area contributed by atoms with Crippen LogP contribution in [0.1, 0.15) is 40.3 Å². The Hall–Kier alpha value is -3.96. The van der Waals surface area contributed by atoms with E-state index in [1.165, 1.54) is 7.11 Å². The second kappa shape index (κ2) is 10.3. The Kier molecular flexibility index (Phi) is 7.04. The molecule has 3 aromatic heterocycles. The van der Waals surface area contributed by atoms with Gasteiger partial charge in [0.1, 0.15) is 11.6 Å². The predicted molar refractivity (Wildman–Crippen MR) is 157 cm³/mol. The Morgan fingerprint density at radius 3 is 2.49 bits per heavy atom. The van der Waals surface area contributed by atoms with Crippen molar-refractivity contribution >= 4 is 38.7 Å². The smallest absolute Gasteiger partial charge is 0.229 e. The molecule has 11 heteroatoms. The lowest BCUT2D eigenvalue weighted by atomic mass is 9.96. The zero-order valence-corrected chi connectivity index (χ0v) is 24.0. The quantitative estimate of drug-likeness (QED) is 0.311. The molecule has 39 heavy (non-hydrogen) atoms. The molecule has 0 saturated carbocycles. The number of rotatable bonds is 7. The summed E-state index contributed by atoms with van der Waals surface area (Å²) in [6, 6.07) is 16.8. The number of thiocarbonyl (C=S) groups is 1. The monoisotopic (exact) mass is 562 g/mol. The predicted octanol–water partition coefficient (Wildman–Crippen LogP) is 4.75. The maximum absolute atomic E-state index is 11.9. The van der Waals surface area contributed by atoms with Crippen molar-refractivity contribution in [3.63, 3.8) is 0 Å². The van der Waals surface area contributed by atoms with E-state index in [2.05, 4.69) is 50.6 Å². The summed E-state index contributed by atoms with van der Waals surface area (Å²) < 4.78 is 34.0. The third-order valence-electron chi connectivity index (χ3n) is 6.78. The molecule has 4 heterocycles. The fourth-order valence-corrected chi connectivity index (χ4v) is 6.06. The summed E-state index contributed by atoms with van der Waals surface area (Å²) >= 11 is 5.89. The van der Waals surface area contributed by atoms with Gasteiger partial charge >= 0.3 is 0 Å². The first-order valence-electron chi connectivity index (χ1n) is 12.4. The summed E-state index contributed by atoms with van der Waals surface area (Å²) in [6.07, 6.45) is 4.69. The number of aromatic nitrogens is 3. The average Bonchev–Trinajstić information content (AvgIpc) is 3.38. The lowest BCUT2D eigenvalue weighted by molar-refractivity contribution is 0.417. The molecule has 1 aliphatic rings. The molecule has 0 radical (unpaired) electrons. The highest BCUT2D eigenvalue weighted by molar-refractivity contribution is 7.92. The highest BCUT2D eigenvalue weighted by Gasteiger charge is 2.42. The van der Waals surface area contributed by atoms with Gasteiger partial charge in [-0.05, 0) is 86.6 Å². The minimum absolute atomic E-state index is 0.238. The highest BCUT2D eigenvalue weighted by atomic mass is 32.2. The van der Waals surface area contributed by atoms with Crippen molar-refractivity contribution in [1.29, 1.82) is 0 Å². The summed E-state index contributed by atoms with van der Waals surface area (Å²) in [6.45, 7) is 6.20. The van der Waals surface area contributed by atoms with Crippen molar-refractivity contribution in [3.8, 4) is 11.6 Å². The SMILES string of the molecule is COc1cc(N2C(=S)NC(c3ccccn3)C2c2cc(C)n(-c3cc(C)ccn3)c2C)ccc1NS(C)(=O)=O. The molecule has 1 aliphatic heterocycles. The van der Waals surface area contributed by atoms with Crippen LogP contribution >= 0.6 is 12.2 Å². The largest absolute Gasteiger partial charge is 0.494 e. The van der Waals surface area contributed by atoms with Crippen LogP contribution in [0.5, 0.6) is 5.75 Å². The van der Waals surface area contributed by atoms with Crippen molar-refractivity contribution in [2.75, 3.05) is 23.0 Å². The lowest BCUT2D eigenvalue weighted by Gasteiger charge is -2.28. The molecule has 5 rings (SSSR count). The van der Waals surface area contributed by atoms with E-state index in [0.29, 0.717) is 16.5 Å². The van der Waals surface area contributed by atoms with Crippen LogP contribution in [0.25, 0.3) is 5.82 Å². The molecule has 202 valence electrons. The Morgan fingerprint density at radius 2 is 1.82 bits per heavy atom. The van der Waals surface area contributed by atoms with Crippen LogP contribution in [0.3, 0.4) is 0 Å². The van der Waals surface area contributed by atoms with Gasteiger partial charge in [0.05, 0.1) is 36.8 Å². The van der Waals surface area contributed by atoms with Gasteiger partial charge in [-0.25, -0.2) is 13.4 Å². The van der Waals surface area contributed by atoms with Gasteiger partial charge in [-0.1, -0.05) is 6.07 Å². The Balaban J connectivity index is 1.67. The number of pyridine rings is 2. The molecule has 0 spiro atoms. The van der Waals surface area contributed by atoms with Gasteiger partial charge in [0, 0.05) is 35.5 Å². The topological polar surface area (TPSA) is 101 Å². The van der Waals surface area contributed by atoms with Crippen molar-refractivity contribution in [1.82, 2.24) is 19.9 Å². The fourth-order valence-electron chi connectivity index (χ4n) is 5.14. The standard InChI is InChI=1S/C28H30N6O3S2/c1-17-11-13-30-25(14-17)33-18(2)15-21(19(33)3)27-26(23-8-6-7-12-29-23)31-28(38)34(27)20-9-10-22(24(16-20)37-4)32-39(5,35)36/h6-16,26-27,32H,1-5H3,(H,31,38). The molecule has 1 aromatic carbocycles. The molecule has 1 saturated heterocycles. The highest BCUT2D eigenvalue weighted by Crippen LogP contribution is 2.45. The van der Waals surface area contributed by atoms with Crippen LogP contribution in [0.4, 0.5) is 11.4 Å². The van der Waals surface area contributed by atoms with Crippen molar-refractivity contribution < 1.29 is 13.2 Å². The molecular formula is C28H30N6O3S2. The Labute approximate surface area is 233 Å². The van der Waals surface area contributed by atoms with Crippen LogP contribution in [-0.2, 0) is 10.0 Å². The van der Waals surface area contributed by atoms with Crippen LogP contribution < -0.4 is 19.7 Å². The number of anilines is 2. The number of benzene rings is 1. The van der Waals surface area contributed by atoms with Gasteiger partial charge in [0.15, 0.2) is 5.11 Å². The minimum atomic E-state index is -3.49. The van der Waals surface area contributed by atoms with Gasteiger partial charge < -0.3 is 19.5 Å². The van der Waals surface area contributed by atoms with E-state index in [0.717, 1.165) is 46.0 Å². The summed E-state index contributed by atoms with van der Waals surface area (Å²) in [5.41, 5.74) is 6.23. The summed E-state index contributed by atoms with van der Waals surface area (Å²) in [5, 5.41) is 4.01. The van der Waals surface area contributed by atoms with Gasteiger partial charge in [-0.2, -0.15) is 0 Å². The molecule has 0 amide bonds. The molecule has 9 nitrogen and oxygen atoms in total. The van der Waals surface area contributed by atoms with E-state index in [9.17, 15) is 8.42 Å². The number of sulfonamides is 1. The number of aryl methyl sites for hydroxylation is 2. The van der Waals surface area contributed by atoms with E-state index in [-0.39, 0.29) is 12.1 Å². The van der Waals surface area contributed by atoms with Crippen LogP contribution in [0.2, 0.25) is 0 Å². The second-order valence-corrected chi connectivity index (χ2v) is 11.7. The first kappa shape index (κ1) is 26.6. The Bertz CT molecular complexity index is 1650. The zero-order valence-electron chi connectivity index (χ0n) is 22.3. The van der Waals surface area contributed by atoms with E-state index in [1.54, 1.807) is 18.3 Å². The van der Waals surface area contributed by atoms with Crippen LogP contribution in [-0.4, -0.2) is 41.4 Å². The van der Waals surface area contributed by atoms with Gasteiger partial charge in [-0.3, -0.25) is 9.71 Å². The number of methoxy groups -OCH3 is 1. The maximum atomic E-state index is 11.9. The molecule has 0 aliphatic carbocycles. The second-order valence-electron chi connectivity index (χ2n) is 9.61. The summed E-state index contributed by atoms with van der Waals surface area (Å²) in [7, 11) is -1.98. The number of nitrogens with zero attached hydrogens (tertiary/aromatic N) is 4. The number of hydrogen-bond donors (Lipinski definition) is 2. The fraction of sp³-hybridized carbons (Fsp3) is 0.250. The zero-order chi connectivity index (χ0) is 27.9. The normalized spacial score (nSPS) is 17.3. The van der Waals surface area contributed by atoms with Crippen LogP contribution in [0, 0.1) is 20.8 Å². The van der Waals surface area contributed by atoms with E-state index < -0.39 is 10.0 Å². The molecule has 2 atom stereocenters. The van der Waals surface area contributed by atoms with Crippen LogP contribution in [0.15, 0.2) is 67.0 Å². The number of ether oxygens (including phenoxy) is 1. The number of nitrogens with one attached hydrogen (secondary N) is 2.